The van der Waals surface area contributed by atoms with E-state index in [0.717, 1.165) is 31.5 Å². The van der Waals surface area contributed by atoms with Crippen molar-refractivity contribution in [3.8, 4) is 0 Å². The molecule has 0 saturated heterocycles. The summed E-state index contributed by atoms with van der Waals surface area (Å²) in [4.78, 5) is 25.7. The SMILES string of the molecule is CC1CC1C(=O)NNC(=O)CN1CCCc2ccccc21. The first-order valence-corrected chi connectivity index (χ1v) is 7.56. The number of aryl methyl sites for hydroxylation is 1. The number of rotatable bonds is 3. The van der Waals surface area contributed by atoms with Gasteiger partial charge in [-0.1, -0.05) is 25.1 Å². The van der Waals surface area contributed by atoms with E-state index in [-0.39, 0.29) is 24.3 Å². The summed E-state index contributed by atoms with van der Waals surface area (Å²) in [5.41, 5.74) is 7.46. The van der Waals surface area contributed by atoms with Crippen LogP contribution in [0.2, 0.25) is 0 Å². The van der Waals surface area contributed by atoms with E-state index in [9.17, 15) is 9.59 Å². The predicted octanol–water partition coefficient (Wildman–Crippen LogP) is 1.24. The van der Waals surface area contributed by atoms with E-state index in [2.05, 4.69) is 21.8 Å². The number of nitrogens with one attached hydrogen (secondary N) is 2. The minimum Gasteiger partial charge on any atom is -0.362 e. The Bertz CT molecular complexity index is 558. The molecule has 3 rings (SSSR count). The van der Waals surface area contributed by atoms with Crippen molar-refractivity contribution in [2.45, 2.75) is 26.2 Å². The number of fused-ring (bicyclic) bond motifs is 1. The van der Waals surface area contributed by atoms with Gasteiger partial charge in [0.25, 0.3) is 5.91 Å². The Morgan fingerprint density at radius 1 is 1.29 bits per heavy atom. The summed E-state index contributed by atoms with van der Waals surface area (Å²) < 4.78 is 0. The summed E-state index contributed by atoms with van der Waals surface area (Å²) in [6.45, 7) is 3.19. The monoisotopic (exact) mass is 287 g/mol. The summed E-state index contributed by atoms with van der Waals surface area (Å²) in [6.07, 6.45) is 3.03. The molecule has 2 unspecified atom stereocenters. The molecule has 0 bridgehead atoms. The third kappa shape index (κ3) is 3.17. The number of hydrogen-bond acceptors (Lipinski definition) is 3. The summed E-state index contributed by atoms with van der Waals surface area (Å²) in [5, 5.41) is 0. The topological polar surface area (TPSA) is 61.4 Å². The molecular weight excluding hydrogens is 266 g/mol. The minimum absolute atomic E-state index is 0.0704. The van der Waals surface area contributed by atoms with Crippen LogP contribution in [-0.2, 0) is 16.0 Å². The largest absolute Gasteiger partial charge is 0.362 e. The van der Waals surface area contributed by atoms with E-state index >= 15 is 0 Å². The van der Waals surface area contributed by atoms with Crippen LogP contribution in [0.25, 0.3) is 0 Å². The molecule has 1 heterocycles. The van der Waals surface area contributed by atoms with Gasteiger partial charge < -0.3 is 4.90 Å². The van der Waals surface area contributed by atoms with E-state index < -0.39 is 0 Å². The summed E-state index contributed by atoms with van der Waals surface area (Å²) in [7, 11) is 0. The third-order valence-corrected chi connectivity index (χ3v) is 4.31. The Labute approximate surface area is 124 Å². The average Bonchev–Trinajstić information content (AvgIpc) is 3.22. The van der Waals surface area contributed by atoms with E-state index in [1.807, 2.05) is 25.1 Å². The quantitative estimate of drug-likeness (QED) is 0.822. The molecule has 1 fully saturated rings. The third-order valence-electron chi connectivity index (χ3n) is 4.31. The van der Waals surface area contributed by atoms with Crippen LogP contribution in [0, 0.1) is 11.8 Å². The molecule has 21 heavy (non-hydrogen) atoms. The minimum atomic E-state index is -0.173. The number of para-hydroxylation sites is 1. The number of hydrazine groups is 1. The lowest BCUT2D eigenvalue weighted by atomic mass is 10.0. The molecule has 0 radical (unpaired) electrons. The highest BCUT2D eigenvalue weighted by atomic mass is 16.2. The van der Waals surface area contributed by atoms with Crippen molar-refractivity contribution < 1.29 is 9.59 Å². The Balaban J connectivity index is 1.52. The second-order valence-electron chi connectivity index (χ2n) is 6.01. The molecule has 0 spiro atoms. The fraction of sp³-hybridized carbons (Fsp3) is 0.500. The molecule has 2 atom stereocenters. The molecule has 2 N–H and O–H groups in total. The molecular formula is C16H21N3O2. The molecule has 5 heteroatoms. The first kappa shape index (κ1) is 13.9. The fourth-order valence-corrected chi connectivity index (χ4v) is 2.90. The molecule has 1 aliphatic heterocycles. The first-order valence-electron chi connectivity index (χ1n) is 7.56. The van der Waals surface area contributed by atoms with Crippen molar-refractivity contribution in [1.82, 2.24) is 10.9 Å². The van der Waals surface area contributed by atoms with Crippen molar-refractivity contribution in [1.29, 1.82) is 0 Å². The van der Waals surface area contributed by atoms with Crippen molar-refractivity contribution in [2.24, 2.45) is 11.8 Å². The smallest absolute Gasteiger partial charge is 0.257 e. The van der Waals surface area contributed by atoms with Crippen molar-refractivity contribution >= 4 is 17.5 Å². The number of amides is 2. The number of nitrogens with zero attached hydrogens (tertiary/aromatic N) is 1. The van der Waals surface area contributed by atoms with Crippen LogP contribution in [0.15, 0.2) is 24.3 Å². The molecule has 2 aliphatic rings. The van der Waals surface area contributed by atoms with Gasteiger partial charge in [-0.3, -0.25) is 20.4 Å². The van der Waals surface area contributed by atoms with E-state index in [0.29, 0.717) is 5.92 Å². The van der Waals surface area contributed by atoms with Gasteiger partial charge in [-0.25, -0.2) is 0 Å². The molecule has 2 amide bonds. The molecule has 1 aromatic rings. The number of anilines is 1. The lowest BCUT2D eigenvalue weighted by Crippen LogP contribution is -2.48. The van der Waals surface area contributed by atoms with Crippen LogP contribution in [-0.4, -0.2) is 24.9 Å². The van der Waals surface area contributed by atoms with Crippen LogP contribution in [0.5, 0.6) is 0 Å². The lowest BCUT2D eigenvalue weighted by molar-refractivity contribution is -0.129. The van der Waals surface area contributed by atoms with Crippen LogP contribution in [0.4, 0.5) is 5.69 Å². The van der Waals surface area contributed by atoms with Gasteiger partial charge in [-0.2, -0.15) is 0 Å². The Hall–Kier alpha value is -2.04. The summed E-state index contributed by atoms with van der Waals surface area (Å²) in [6, 6.07) is 8.17. The highest BCUT2D eigenvalue weighted by Crippen LogP contribution is 2.37. The second kappa shape index (κ2) is 5.76. The summed E-state index contributed by atoms with van der Waals surface area (Å²) in [5.74, 6) is 0.264. The van der Waals surface area contributed by atoms with Crippen LogP contribution >= 0.6 is 0 Å². The zero-order chi connectivity index (χ0) is 14.8. The Kier molecular flexibility index (Phi) is 3.82. The van der Waals surface area contributed by atoms with E-state index in [1.54, 1.807) is 0 Å². The highest BCUT2D eigenvalue weighted by molar-refractivity contribution is 5.87. The van der Waals surface area contributed by atoms with Gasteiger partial charge in [0, 0.05) is 18.2 Å². The maximum absolute atomic E-state index is 12.0. The predicted molar refractivity (Wildman–Crippen MR) is 80.5 cm³/mol. The van der Waals surface area contributed by atoms with Gasteiger partial charge in [0.2, 0.25) is 5.91 Å². The number of hydrogen-bond donors (Lipinski definition) is 2. The van der Waals surface area contributed by atoms with E-state index in [1.165, 1.54) is 5.56 Å². The number of benzene rings is 1. The maximum Gasteiger partial charge on any atom is 0.257 e. The molecule has 1 saturated carbocycles. The van der Waals surface area contributed by atoms with Gasteiger partial charge in [-0.05, 0) is 36.8 Å². The molecule has 0 aromatic heterocycles. The zero-order valence-corrected chi connectivity index (χ0v) is 12.3. The second-order valence-corrected chi connectivity index (χ2v) is 6.01. The van der Waals surface area contributed by atoms with Crippen LogP contribution < -0.4 is 15.8 Å². The van der Waals surface area contributed by atoms with Gasteiger partial charge in [0.15, 0.2) is 0 Å². The Morgan fingerprint density at radius 3 is 2.81 bits per heavy atom. The van der Waals surface area contributed by atoms with Crippen molar-refractivity contribution in [3.63, 3.8) is 0 Å². The zero-order valence-electron chi connectivity index (χ0n) is 12.3. The fourth-order valence-electron chi connectivity index (χ4n) is 2.90. The molecule has 1 aromatic carbocycles. The first-order chi connectivity index (χ1) is 10.1. The number of carbonyl (C=O) groups excluding carboxylic acids is 2. The van der Waals surface area contributed by atoms with Gasteiger partial charge in [0.05, 0.1) is 6.54 Å². The standard InChI is InChI=1S/C16H21N3O2/c1-11-9-13(11)16(21)18-17-15(20)10-19-8-4-6-12-5-2-3-7-14(12)19/h2-3,5,7,11,13H,4,6,8-10H2,1H3,(H,17,20)(H,18,21). The lowest BCUT2D eigenvalue weighted by Gasteiger charge is -2.30. The Morgan fingerprint density at radius 2 is 2.05 bits per heavy atom. The van der Waals surface area contributed by atoms with Crippen molar-refractivity contribution in [2.75, 3.05) is 18.0 Å². The van der Waals surface area contributed by atoms with Crippen molar-refractivity contribution in [3.05, 3.63) is 29.8 Å². The average molecular weight is 287 g/mol. The maximum atomic E-state index is 12.0. The van der Waals surface area contributed by atoms with Crippen LogP contribution in [0.3, 0.4) is 0 Å². The van der Waals surface area contributed by atoms with Crippen LogP contribution in [0.1, 0.15) is 25.3 Å². The van der Waals surface area contributed by atoms with Gasteiger partial charge in [0.1, 0.15) is 0 Å². The van der Waals surface area contributed by atoms with Gasteiger partial charge >= 0.3 is 0 Å². The summed E-state index contributed by atoms with van der Waals surface area (Å²) >= 11 is 0. The molecule has 112 valence electrons. The highest BCUT2D eigenvalue weighted by Gasteiger charge is 2.39. The molecule has 5 nitrogen and oxygen atoms in total. The van der Waals surface area contributed by atoms with Gasteiger partial charge in [-0.15, -0.1) is 0 Å². The van der Waals surface area contributed by atoms with E-state index in [4.69, 9.17) is 0 Å². The normalized spacial score (nSPS) is 23.2. The molecule has 1 aliphatic carbocycles. The number of carbonyl (C=O) groups is 2.